The van der Waals surface area contributed by atoms with E-state index in [2.05, 4.69) is 10.1 Å². The first-order valence-corrected chi connectivity index (χ1v) is 8.22. The second-order valence-corrected chi connectivity index (χ2v) is 6.02. The van der Waals surface area contributed by atoms with E-state index < -0.39 is 18.5 Å². The summed E-state index contributed by atoms with van der Waals surface area (Å²) in [6.07, 6.45) is 1.05. The van der Waals surface area contributed by atoms with Crippen LogP contribution in [-0.4, -0.2) is 61.8 Å². The summed E-state index contributed by atoms with van der Waals surface area (Å²) in [5, 5.41) is 11.7. The Bertz CT molecular complexity index is 648. The zero-order chi connectivity index (χ0) is 19.1. The standard InChI is InChI=1S/C17H22F2N2O5.ClH/c1-25-14-8-11(2-3-13(14)26-17(18)19)4-6-20-15(22)10-21-7-5-12(9-21)16(23)24;/h2-3,8,12,17H,4-7,9-10H2,1H3,(H,20,22)(H,23,24);1H. The van der Waals surface area contributed by atoms with E-state index >= 15 is 0 Å². The topological polar surface area (TPSA) is 88.1 Å². The number of nitrogens with zero attached hydrogens (tertiary/aromatic N) is 1. The highest BCUT2D eigenvalue weighted by atomic mass is 35.5. The fourth-order valence-electron chi connectivity index (χ4n) is 2.84. The maximum atomic E-state index is 12.3. The molecule has 1 heterocycles. The number of carbonyl (C=O) groups is 2. The molecule has 27 heavy (non-hydrogen) atoms. The van der Waals surface area contributed by atoms with Crippen molar-refractivity contribution in [3.63, 3.8) is 0 Å². The molecule has 0 spiro atoms. The van der Waals surface area contributed by atoms with Crippen molar-refractivity contribution in [1.29, 1.82) is 0 Å². The fourth-order valence-corrected chi connectivity index (χ4v) is 2.84. The molecule has 0 saturated carbocycles. The number of amides is 1. The summed E-state index contributed by atoms with van der Waals surface area (Å²) in [4.78, 5) is 24.7. The van der Waals surface area contributed by atoms with Crippen LogP contribution < -0.4 is 14.8 Å². The molecule has 1 fully saturated rings. The van der Waals surface area contributed by atoms with E-state index in [1.54, 1.807) is 12.1 Å². The SMILES string of the molecule is COc1cc(CCNC(=O)CN2CCC(C(=O)O)C2)ccc1OC(F)F.Cl. The molecule has 2 rings (SSSR count). The smallest absolute Gasteiger partial charge is 0.387 e. The van der Waals surface area contributed by atoms with E-state index in [9.17, 15) is 18.4 Å². The number of carboxylic acids is 1. The van der Waals surface area contributed by atoms with Crippen LogP contribution in [0.2, 0.25) is 0 Å². The molecular weight excluding hydrogens is 386 g/mol. The van der Waals surface area contributed by atoms with Crippen LogP contribution in [0.25, 0.3) is 0 Å². The average molecular weight is 409 g/mol. The van der Waals surface area contributed by atoms with Gasteiger partial charge in [-0.25, -0.2) is 0 Å². The third kappa shape index (κ3) is 7.18. The Morgan fingerprint density at radius 3 is 2.70 bits per heavy atom. The van der Waals surface area contributed by atoms with E-state index in [-0.39, 0.29) is 36.4 Å². The molecule has 1 amide bonds. The van der Waals surface area contributed by atoms with Crippen molar-refractivity contribution < 1.29 is 33.0 Å². The van der Waals surface area contributed by atoms with Gasteiger partial charge in [0.1, 0.15) is 0 Å². The predicted molar refractivity (Wildman–Crippen MR) is 95.8 cm³/mol. The molecule has 1 atom stereocenters. The highest BCUT2D eigenvalue weighted by Gasteiger charge is 2.28. The van der Waals surface area contributed by atoms with Crippen molar-refractivity contribution in [1.82, 2.24) is 10.2 Å². The lowest BCUT2D eigenvalue weighted by Crippen LogP contribution is -2.37. The lowest BCUT2D eigenvalue weighted by molar-refractivity contribution is -0.141. The molecule has 1 aromatic rings. The first-order chi connectivity index (χ1) is 12.4. The summed E-state index contributed by atoms with van der Waals surface area (Å²) in [5.74, 6) is -1.27. The molecule has 1 aliphatic rings. The van der Waals surface area contributed by atoms with Gasteiger partial charge in [-0.3, -0.25) is 14.5 Å². The summed E-state index contributed by atoms with van der Waals surface area (Å²) >= 11 is 0. The predicted octanol–water partition coefficient (Wildman–Crippen LogP) is 1.78. The number of carbonyl (C=O) groups excluding carboxylic acids is 1. The van der Waals surface area contributed by atoms with Crippen molar-refractivity contribution in [3.05, 3.63) is 23.8 Å². The molecule has 152 valence electrons. The molecule has 1 saturated heterocycles. The number of ether oxygens (including phenoxy) is 2. The first kappa shape index (κ1) is 22.9. The minimum atomic E-state index is -2.93. The van der Waals surface area contributed by atoms with Gasteiger partial charge in [-0.15, -0.1) is 12.4 Å². The van der Waals surface area contributed by atoms with Crippen LogP contribution in [0.4, 0.5) is 8.78 Å². The molecule has 7 nitrogen and oxygen atoms in total. The normalized spacial score (nSPS) is 16.7. The highest BCUT2D eigenvalue weighted by molar-refractivity contribution is 5.85. The fraction of sp³-hybridized carbons (Fsp3) is 0.529. The van der Waals surface area contributed by atoms with E-state index in [0.717, 1.165) is 5.56 Å². The van der Waals surface area contributed by atoms with Gasteiger partial charge in [0.2, 0.25) is 5.91 Å². The van der Waals surface area contributed by atoms with Crippen LogP contribution in [-0.2, 0) is 16.0 Å². The summed E-state index contributed by atoms with van der Waals surface area (Å²) in [6.45, 7) is -1.43. The first-order valence-electron chi connectivity index (χ1n) is 8.22. The maximum Gasteiger partial charge on any atom is 0.387 e. The molecule has 1 unspecified atom stereocenters. The zero-order valence-electron chi connectivity index (χ0n) is 14.8. The van der Waals surface area contributed by atoms with E-state index in [4.69, 9.17) is 9.84 Å². The number of rotatable bonds is 9. The Balaban J connectivity index is 0.00000364. The van der Waals surface area contributed by atoms with Crippen molar-refractivity contribution in [2.24, 2.45) is 5.92 Å². The Morgan fingerprint density at radius 2 is 2.11 bits per heavy atom. The number of carboxylic acid groups (broad SMARTS) is 1. The molecule has 1 aliphatic heterocycles. The number of nitrogens with one attached hydrogen (secondary N) is 1. The van der Waals surface area contributed by atoms with Crippen LogP contribution in [0.15, 0.2) is 18.2 Å². The number of alkyl halides is 2. The van der Waals surface area contributed by atoms with E-state index in [0.29, 0.717) is 32.5 Å². The number of halogens is 3. The Hall–Kier alpha value is -2.13. The minimum absolute atomic E-state index is 0. The van der Waals surface area contributed by atoms with Gasteiger partial charge >= 0.3 is 12.6 Å². The molecule has 0 radical (unpaired) electrons. The number of methoxy groups -OCH3 is 1. The van der Waals surface area contributed by atoms with Gasteiger partial charge in [-0.2, -0.15) is 8.78 Å². The summed E-state index contributed by atoms with van der Waals surface area (Å²) in [7, 11) is 1.36. The van der Waals surface area contributed by atoms with Crippen LogP contribution in [0.5, 0.6) is 11.5 Å². The molecule has 2 N–H and O–H groups in total. The molecule has 0 aliphatic carbocycles. The number of hydrogen-bond acceptors (Lipinski definition) is 5. The average Bonchev–Trinajstić information content (AvgIpc) is 3.04. The Kier molecular flexibility index (Phi) is 9.23. The van der Waals surface area contributed by atoms with Crippen LogP contribution >= 0.6 is 12.4 Å². The van der Waals surface area contributed by atoms with Gasteiger partial charge in [0, 0.05) is 13.1 Å². The molecular formula is C17H23ClF2N2O5. The second-order valence-electron chi connectivity index (χ2n) is 6.02. The van der Waals surface area contributed by atoms with Gasteiger partial charge in [0.15, 0.2) is 11.5 Å². The molecule has 10 heteroatoms. The van der Waals surface area contributed by atoms with Gasteiger partial charge in [0.25, 0.3) is 0 Å². The molecule has 1 aromatic carbocycles. The van der Waals surface area contributed by atoms with Crippen molar-refractivity contribution in [3.8, 4) is 11.5 Å². The van der Waals surface area contributed by atoms with Crippen LogP contribution in [0.1, 0.15) is 12.0 Å². The largest absolute Gasteiger partial charge is 0.493 e. The highest BCUT2D eigenvalue weighted by Crippen LogP contribution is 2.29. The minimum Gasteiger partial charge on any atom is -0.493 e. The number of hydrogen-bond donors (Lipinski definition) is 2. The van der Waals surface area contributed by atoms with Crippen molar-refractivity contribution in [2.45, 2.75) is 19.5 Å². The van der Waals surface area contributed by atoms with E-state index in [1.807, 2.05) is 4.90 Å². The van der Waals surface area contributed by atoms with Crippen molar-refractivity contribution >= 4 is 24.3 Å². The third-order valence-electron chi connectivity index (χ3n) is 4.17. The third-order valence-corrected chi connectivity index (χ3v) is 4.17. The molecule has 0 aromatic heterocycles. The number of aliphatic carboxylic acids is 1. The monoisotopic (exact) mass is 408 g/mol. The number of likely N-dealkylation sites (tertiary alicyclic amines) is 1. The Labute approximate surface area is 162 Å². The lowest BCUT2D eigenvalue weighted by Gasteiger charge is -2.15. The van der Waals surface area contributed by atoms with Gasteiger partial charge < -0.3 is 19.9 Å². The van der Waals surface area contributed by atoms with E-state index in [1.165, 1.54) is 13.2 Å². The quantitative estimate of drug-likeness (QED) is 0.647. The zero-order valence-corrected chi connectivity index (χ0v) is 15.6. The van der Waals surface area contributed by atoms with Crippen molar-refractivity contribution in [2.75, 3.05) is 33.3 Å². The van der Waals surface area contributed by atoms with Crippen LogP contribution in [0.3, 0.4) is 0 Å². The summed E-state index contributed by atoms with van der Waals surface area (Å²) < 4.78 is 34.0. The summed E-state index contributed by atoms with van der Waals surface area (Å²) in [5.41, 5.74) is 0.802. The van der Waals surface area contributed by atoms with Gasteiger partial charge in [-0.1, -0.05) is 6.07 Å². The van der Waals surface area contributed by atoms with Crippen LogP contribution in [0, 0.1) is 5.92 Å². The maximum absolute atomic E-state index is 12.3. The molecule has 0 bridgehead atoms. The summed E-state index contributed by atoms with van der Waals surface area (Å²) in [6, 6.07) is 4.62. The number of benzene rings is 1. The van der Waals surface area contributed by atoms with Gasteiger partial charge in [0.05, 0.1) is 19.6 Å². The second kappa shape index (κ2) is 10.9. The lowest BCUT2D eigenvalue weighted by atomic mass is 10.1. The Morgan fingerprint density at radius 1 is 1.37 bits per heavy atom. The van der Waals surface area contributed by atoms with Gasteiger partial charge in [-0.05, 0) is 37.1 Å².